The van der Waals surface area contributed by atoms with Gasteiger partial charge in [-0.2, -0.15) is 0 Å². The predicted octanol–water partition coefficient (Wildman–Crippen LogP) is 3.40. The molecule has 7 heteroatoms. The summed E-state index contributed by atoms with van der Waals surface area (Å²) in [4.78, 5) is 17.9. The molecule has 1 amide bonds. The molecule has 1 aromatic carbocycles. The number of nitrogens with zero attached hydrogens (tertiary/aromatic N) is 2. The third kappa shape index (κ3) is 7.83. The van der Waals surface area contributed by atoms with E-state index >= 15 is 0 Å². The van der Waals surface area contributed by atoms with Crippen molar-refractivity contribution in [2.24, 2.45) is 10.9 Å². The van der Waals surface area contributed by atoms with Crippen molar-refractivity contribution in [1.82, 2.24) is 15.5 Å². The number of carbonyl (C=O) groups is 1. The van der Waals surface area contributed by atoms with E-state index in [2.05, 4.69) is 35.5 Å². The summed E-state index contributed by atoms with van der Waals surface area (Å²) >= 11 is 0. The van der Waals surface area contributed by atoms with Crippen LogP contribution in [0.25, 0.3) is 0 Å². The number of rotatable bonds is 8. The van der Waals surface area contributed by atoms with E-state index in [-0.39, 0.29) is 12.1 Å². The number of ether oxygens (including phenoxy) is 2. The number of guanidine groups is 1. The Kier molecular flexibility index (Phi) is 9.60. The Morgan fingerprint density at radius 2 is 2.00 bits per heavy atom. The van der Waals surface area contributed by atoms with Gasteiger partial charge in [0.2, 0.25) is 0 Å². The maximum absolute atomic E-state index is 11.8. The number of likely N-dealkylation sites (tertiary alicyclic amines) is 1. The third-order valence-corrected chi connectivity index (χ3v) is 4.96. The molecule has 2 rings (SSSR count). The van der Waals surface area contributed by atoms with E-state index < -0.39 is 0 Å². The molecular weight excluding hydrogens is 368 g/mol. The van der Waals surface area contributed by atoms with Crippen LogP contribution >= 0.6 is 0 Å². The molecule has 0 atom stereocenters. The van der Waals surface area contributed by atoms with Crippen LogP contribution in [0.5, 0.6) is 5.75 Å². The van der Waals surface area contributed by atoms with Gasteiger partial charge in [-0.3, -0.25) is 4.99 Å². The quantitative estimate of drug-likeness (QED) is 0.513. The third-order valence-electron chi connectivity index (χ3n) is 4.96. The Morgan fingerprint density at radius 3 is 2.66 bits per heavy atom. The van der Waals surface area contributed by atoms with E-state index in [4.69, 9.17) is 9.47 Å². The summed E-state index contributed by atoms with van der Waals surface area (Å²) in [6.45, 7) is 9.39. The molecule has 2 N–H and O–H groups in total. The highest BCUT2D eigenvalue weighted by Gasteiger charge is 2.24. The first-order chi connectivity index (χ1) is 14.0. The first-order valence-electron chi connectivity index (χ1n) is 10.6. The molecule has 1 fully saturated rings. The lowest BCUT2D eigenvalue weighted by atomic mass is 10.1. The number of hydrogen-bond acceptors (Lipinski definition) is 4. The SMILES string of the molecule is CCOC(=O)N1CCC(NC(=NC)NCc2ccccc2OCCC(C)C)CC1. The van der Waals surface area contributed by atoms with E-state index in [1.54, 1.807) is 11.9 Å². The number of para-hydroxylation sites is 1. The van der Waals surface area contributed by atoms with Gasteiger partial charge < -0.3 is 25.0 Å². The van der Waals surface area contributed by atoms with Gasteiger partial charge in [-0.15, -0.1) is 0 Å². The summed E-state index contributed by atoms with van der Waals surface area (Å²) < 4.78 is 11.0. The van der Waals surface area contributed by atoms with Crippen molar-refractivity contribution in [3.05, 3.63) is 29.8 Å². The Morgan fingerprint density at radius 1 is 1.28 bits per heavy atom. The van der Waals surface area contributed by atoms with E-state index in [9.17, 15) is 4.79 Å². The summed E-state index contributed by atoms with van der Waals surface area (Å²) in [6.07, 6.45) is 2.56. The van der Waals surface area contributed by atoms with Crippen LogP contribution in [0.4, 0.5) is 4.79 Å². The molecule has 7 nitrogen and oxygen atoms in total. The van der Waals surface area contributed by atoms with Crippen LogP contribution in [0.2, 0.25) is 0 Å². The molecular formula is C22H36N4O3. The topological polar surface area (TPSA) is 75.2 Å². The van der Waals surface area contributed by atoms with Crippen LogP contribution in [-0.2, 0) is 11.3 Å². The zero-order valence-corrected chi connectivity index (χ0v) is 18.2. The highest BCUT2D eigenvalue weighted by molar-refractivity contribution is 5.80. The molecule has 0 aliphatic carbocycles. The number of nitrogens with one attached hydrogen (secondary N) is 2. The largest absolute Gasteiger partial charge is 0.493 e. The molecule has 0 spiro atoms. The van der Waals surface area contributed by atoms with Crippen molar-refractivity contribution >= 4 is 12.1 Å². The molecule has 0 saturated carbocycles. The van der Waals surface area contributed by atoms with Crippen molar-refractivity contribution in [2.45, 2.75) is 52.6 Å². The van der Waals surface area contributed by atoms with Gasteiger partial charge in [0.15, 0.2) is 5.96 Å². The summed E-state index contributed by atoms with van der Waals surface area (Å²) in [5.41, 5.74) is 1.11. The Labute approximate surface area is 174 Å². The summed E-state index contributed by atoms with van der Waals surface area (Å²) in [6, 6.07) is 8.39. The van der Waals surface area contributed by atoms with Crippen LogP contribution in [0.1, 0.15) is 45.6 Å². The molecule has 0 bridgehead atoms. The molecule has 1 aromatic rings. The van der Waals surface area contributed by atoms with Gasteiger partial charge in [-0.1, -0.05) is 32.0 Å². The second-order valence-corrected chi connectivity index (χ2v) is 7.67. The van der Waals surface area contributed by atoms with E-state index in [1.165, 1.54) is 0 Å². The van der Waals surface area contributed by atoms with Gasteiger partial charge in [-0.25, -0.2) is 4.79 Å². The zero-order valence-electron chi connectivity index (χ0n) is 18.2. The molecule has 1 heterocycles. The standard InChI is InChI=1S/C22H36N4O3/c1-5-28-22(27)26-13-10-19(11-14-26)25-21(23-4)24-16-18-8-6-7-9-20(18)29-15-12-17(2)3/h6-9,17,19H,5,10-16H2,1-4H3,(H2,23,24,25). The number of amides is 1. The van der Waals surface area contributed by atoms with E-state index in [1.807, 2.05) is 25.1 Å². The molecule has 1 aliphatic rings. The Balaban J connectivity index is 1.81. The fraction of sp³-hybridized carbons (Fsp3) is 0.636. The Bertz CT molecular complexity index is 655. The van der Waals surface area contributed by atoms with Crippen LogP contribution in [-0.4, -0.2) is 56.3 Å². The monoisotopic (exact) mass is 404 g/mol. The lowest BCUT2D eigenvalue weighted by Crippen LogP contribution is -2.49. The maximum atomic E-state index is 11.8. The minimum atomic E-state index is -0.220. The summed E-state index contributed by atoms with van der Waals surface area (Å²) in [7, 11) is 1.77. The fourth-order valence-corrected chi connectivity index (χ4v) is 3.18. The molecule has 1 saturated heterocycles. The van der Waals surface area contributed by atoms with Crippen molar-refractivity contribution < 1.29 is 14.3 Å². The highest BCUT2D eigenvalue weighted by atomic mass is 16.6. The van der Waals surface area contributed by atoms with Gasteiger partial charge in [0, 0.05) is 38.3 Å². The number of piperidine rings is 1. The zero-order chi connectivity index (χ0) is 21.1. The molecule has 0 radical (unpaired) electrons. The van der Waals surface area contributed by atoms with E-state index in [0.717, 1.165) is 43.1 Å². The van der Waals surface area contributed by atoms with Crippen LogP contribution < -0.4 is 15.4 Å². The average molecular weight is 405 g/mol. The molecule has 162 valence electrons. The molecule has 0 aromatic heterocycles. The number of aliphatic imine (C=N–C) groups is 1. The fourth-order valence-electron chi connectivity index (χ4n) is 3.18. The normalized spacial score (nSPS) is 15.3. The molecule has 0 unspecified atom stereocenters. The van der Waals surface area contributed by atoms with Crippen molar-refractivity contribution in [1.29, 1.82) is 0 Å². The predicted molar refractivity (Wildman–Crippen MR) is 116 cm³/mol. The minimum Gasteiger partial charge on any atom is -0.493 e. The van der Waals surface area contributed by atoms with Crippen LogP contribution in [0, 0.1) is 5.92 Å². The average Bonchev–Trinajstić information content (AvgIpc) is 2.72. The lowest BCUT2D eigenvalue weighted by Gasteiger charge is -2.32. The van der Waals surface area contributed by atoms with Crippen molar-refractivity contribution in [3.8, 4) is 5.75 Å². The number of hydrogen-bond donors (Lipinski definition) is 2. The second kappa shape index (κ2) is 12.2. The smallest absolute Gasteiger partial charge is 0.409 e. The summed E-state index contributed by atoms with van der Waals surface area (Å²) in [5, 5.41) is 6.84. The van der Waals surface area contributed by atoms with Gasteiger partial charge in [0.05, 0.1) is 13.2 Å². The van der Waals surface area contributed by atoms with Crippen LogP contribution in [0.3, 0.4) is 0 Å². The van der Waals surface area contributed by atoms with Crippen molar-refractivity contribution in [2.75, 3.05) is 33.4 Å². The molecule has 29 heavy (non-hydrogen) atoms. The maximum Gasteiger partial charge on any atom is 0.409 e. The second-order valence-electron chi connectivity index (χ2n) is 7.67. The number of benzene rings is 1. The van der Waals surface area contributed by atoms with Gasteiger partial charge in [0.1, 0.15) is 5.75 Å². The lowest BCUT2D eigenvalue weighted by molar-refractivity contribution is 0.0963. The van der Waals surface area contributed by atoms with Gasteiger partial charge in [0.25, 0.3) is 0 Å². The first kappa shape index (κ1) is 22.8. The van der Waals surface area contributed by atoms with Crippen LogP contribution in [0.15, 0.2) is 29.3 Å². The minimum absolute atomic E-state index is 0.220. The number of carbonyl (C=O) groups excluding carboxylic acids is 1. The molecule has 1 aliphatic heterocycles. The Hall–Kier alpha value is -2.44. The van der Waals surface area contributed by atoms with E-state index in [0.29, 0.717) is 32.2 Å². The summed E-state index contributed by atoms with van der Waals surface area (Å²) in [5.74, 6) is 2.30. The first-order valence-corrected chi connectivity index (χ1v) is 10.6. The van der Waals surface area contributed by atoms with Gasteiger partial charge >= 0.3 is 6.09 Å². The van der Waals surface area contributed by atoms with Crippen molar-refractivity contribution in [3.63, 3.8) is 0 Å². The highest BCUT2D eigenvalue weighted by Crippen LogP contribution is 2.18. The van der Waals surface area contributed by atoms with Gasteiger partial charge in [-0.05, 0) is 38.2 Å².